The number of nitrogens with one attached hydrogen (secondary N) is 1. The third kappa shape index (κ3) is 4.06. The zero-order valence-corrected chi connectivity index (χ0v) is 16.1. The lowest BCUT2D eigenvalue weighted by atomic mass is 10.2. The van der Waals surface area contributed by atoms with Gasteiger partial charge in [-0.3, -0.25) is 4.79 Å². The Morgan fingerprint density at radius 3 is 2.52 bits per heavy atom. The number of hydrogen-bond acceptors (Lipinski definition) is 4. The second kappa shape index (κ2) is 7.43. The van der Waals surface area contributed by atoms with Crippen LogP contribution in [0.5, 0.6) is 0 Å². The summed E-state index contributed by atoms with van der Waals surface area (Å²) < 4.78 is 13.1. The Morgan fingerprint density at radius 1 is 1.03 bits per heavy atom. The van der Waals surface area contributed by atoms with Crippen molar-refractivity contribution >= 4 is 28.3 Å². The number of nitrogens with zero attached hydrogens (tertiary/aromatic N) is 3. The molecule has 0 radical (unpaired) electrons. The van der Waals surface area contributed by atoms with Gasteiger partial charge in [0, 0.05) is 36.0 Å². The van der Waals surface area contributed by atoms with Crippen LogP contribution in [0, 0.1) is 5.82 Å². The van der Waals surface area contributed by atoms with E-state index in [1.54, 1.807) is 12.1 Å². The summed E-state index contributed by atoms with van der Waals surface area (Å²) in [5, 5.41) is 3.89. The van der Waals surface area contributed by atoms with Crippen molar-refractivity contribution in [1.82, 2.24) is 9.97 Å². The molecule has 2 fully saturated rings. The van der Waals surface area contributed by atoms with Crippen LogP contribution in [-0.4, -0.2) is 28.5 Å². The molecule has 0 unspecified atom stereocenters. The van der Waals surface area contributed by atoms with Gasteiger partial charge < -0.3 is 10.2 Å². The fourth-order valence-corrected chi connectivity index (χ4v) is 3.65. The molecule has 2 aliphatic carbocycles. The minimum absolute atomic E-state index is 0.0805. The Bertz CT molecular complexity index is 1040. The van der Waals surface area contributed by atoms with Gasteiger partial charge in [-0.2, -0.15) is 0 Å². The summed E-state index contributed by atoms with van der Waals surface area (Å²) in [6, 6.07) is 14.4. The van der Waals surface area contributed by atoms with Gasteiger partial charge in [-0.15, -0.1) is 0 Å². The number of para-hydroxylation sites is 1. The molecule has 5 nitrogen and oxygen atoms in total. The molecule has 29 heavy (non-hydrogen) atoms. The normalized spacial score (nSPS) is 16.0. The van der Waals surface area contributed by atoms with Crippen LogP contribution in [0.25, 0.3) is 10.9 Å². The molecule has 1 aromatic heterocycles. The average molecular weight is 390 g/mol. The second-order valence-corrected chi connectivity index (χ2v) is 7.93. The van der Waals surface area contributed by atoms with Gasteiger partial charge in [-0.1, -0.05) is 12.1 Å². The van der Waals surface area contributed by atoms with Gasteiger partial charge in [-0.05, 0) is 62.1 Å². The van der Waals surface area contributed by atoms with Gasteiger partial charge in [0.05, 0.1) is 5.52 Å². The van der Waals surface area contributed by atoms with Gasteiger partial charge in [0.2, 0.25) is 5.91 Å². The fraction of sp³-hybridized carbons (Fsp3) is 0.348. The van der Waals surface area contributed by atoms with Gasteiger partial charge in [-0.25, -0.2) is 14.4 Å². The highest BCUT2D eigenvalue weighted by atomic mass is 19.1. The maximum atomic E-state index is 13.1. The third-order valence-corrected chi connectivity index (χ3v) is 5.51. The second-order valence-electron chi connectivity index (χ2n) is 7.93. The largest absolute Gasteiger partial charge is 0.352 e. The minimum atomic E-state index is -0.315. The van der Waals surface area contributed by atoms with Crippen molar-refractivity contribution in [3.8, 4) is 0 Å². The Hall–Kier alpha value is -3.02. The molecule has 0 spiro atoms. The number of anilines is 2. The monoisotopic (exact) mass is 390 g/mol. The first-order valence-corrected chi connectivity index (χ1v) is 10.3. The van der Waals surface area contributed by atoms with E-state index in [1.165, 1.54) is 12.1 Å². The molecular weight excluding hydrogens is 367 g/mol. The summed E-state index contributed by atoms with van der Waals surface area (Å²) in [5.41, 5.74) is 1.58. The van der Waals surface area contributed by atoms with E-state index in [1.807, 2.05) is 18.2 Å². The maximum absolute atomic E-state index is 13.1. The molecule has 1 N–H and O–H groups in total. The van der Waals surface area contributed by atoms with E-state index in [0.717, 1.165) is 48.2 Å². The third-order valence-electron chi connectivity index (χ3n) is 5.51. The Morgan fingerprint density at radius 2 is 1.79 bits per heavy atom. The highest BCUT2D eigenvalue weighted by Gasteiger charge is 2.33. The van der Waals surface area contributed by atoms with Crippen molar-refractivity contribution < 1.29 is 9.18 Å². The van der Waals surface area contributed by atoms with E-state index in [-0.39, 0.29) is 11.7 Å². The number of fused-ring (bicyclic) bond motifs is 1. The number of benzene rings is 2. The Labute approximate surface area is 169 Å². The highest BCUT2D eigenvalue weighted by Crippen LogP contribution is 2.41. The molecule has 6 heteroatoms. The van der Waals surface area contributed by atoms with Gasteiger partial charge in [0.1, 0.15) is 17.5 Å². The van der Waals surface area contributed by atoms with E-state index in [2.05, 4.69) is 16.3 Å². The number of amides is 1. The SMILES string of the molecule is O=C(CCN(c1nc(C2CC2)nc2ccccc12)C1CC1)Nc1ccc(F)cc1. The average Bonchev–Trinajstić information content (AvgIpc) is 3.63. The number of aromatic nitrogens is 2. The lowest BCUT2D eigenvalue weighted by molar-refractivity contribution is -0.116. The van der Waals surface area contributed by atoms with Gasteiger partial charge in [0.25, 0.3) is 0 Å². The predicted octanol–water partition coefficient (Wildman–Crippen LogP) is 4.64. The van der Waals surface area contributed by atoms with Gasteiger partial charge in [0.15, 0.2) is 0 Å². The molecule has 1 amide bonds. The van der Waals surface area contributed by atoms with E-state index in [4.69, 9.17) is 9.97 Å². The summed E-state index contributed by atoms with van der Waals surface area (Å²) in [7, 11) is 0. The molecule has 5 rings (SSSR count). The standard InChI is InChI=1S/C23H23FN4O/c24-16-7-9-17(10-8-16)25-21(29)13-14-28(18-11-12-18)23-19-3-1-2-4-20(19)26-22(27-23)15-5-6-15/h1-4,7-10,15,18H,5-6,11-14H2,(H,25,29). The first kappa shape index (κ1) is 18.0. The molecule has 0 saturated heterocycles. The van der Waals surface area contributed by atoms with E-state index in [9.17, 15) is 9.18 Å². The first-order valence-electron chi connectivity index (χ1n) is 10.3. The van der Waals surface area contributed by atoms with Crippen molar-refractivity contribution in [2.45, 2.75) is 44.1 Å². The van der Waals surface area contributed by atoms with E-state index < -0.39 is 0 Å². The first-order chi connectivity index (χ1) is 14.2. The molecular formula is C23H23FN4O. The predicted molar refractivity (Wildman–Crippen MR) is 112 cm³/mol. The molecule has 148 valence electrons. The summed E-state index contributed by atoms with van der Waals surface area (Å²) >= 11 is 0. The van der Waals surface area contributed by atoms with E-state index in [0.29, 0.717) is 30.6 Å². The van der Waals surface area contributed by atoms with E-state index >= 15 is 0 Å². The zero-order chi connectivity index (χ0) is 19.8. The van der Waals surface area contributed by atoms with Crippen LogP contribution >= 0.6 is 0 Å². The van der Waals surface area contributed by atoms with Gasteiger partial charge >= 0.3 is 0 Å². The van der Waals surface area contributed by atoms with Crippen molar-refractivity contribution in [2.75, 3.05) is 16.8 Å². The summed E-state index contributed by atoms with van der Waals surface area (Å²) in [6.07, 6.45) is 4.90. The topological polar surface area (TPSA) is 58.1 Å². The van der Waals surface area contributed by atoms with Crippen LogP contribution in [0.1, 0.15) is 43.8 Å². The van der Waals surface area contributed by atoms with Crippen LogP contribution in [0.2, 0.25) is 0 Å². The number of carbonyl (C=O) groups excluding carboxylic acids is 1. The van der Waals surface area contributed by atoms with Crippen molar-refractivity contribution in [3.63, 3.8) is 0 Å². The number of rotatable bonds is 7. The van der Waals surface area contributed by atoms with Crippen molar-refractivity contribution in [2.24, 2.45) is 0 Å². The lowest BCUT2D eigenvalue weighted by Crippen LogP contribution is -2.31. The number of carbonyl (C=O) groups is 1. The van der Waals surface area contributed by atoms with Crippen LogP contribution < -0.4 is 10.2 Å². The van der Waals surface area contributed by atoms with Crippen LogP contribution in [0.4, 0.5) is 15.9 Å². The lowest BCUT2D eigenvalue weighted by Gasteiger charge is -2.25. The number of halogens is 1. The molecule has 1 heterocycles. The van der Waals surface area contributed by atoms with Crippen molar-refractivity contribution in [1.29, 1.82) is 0 Å². The van der Waals surface area contributed by atoms with Crippen LogP contribution in [0.3, 0.4) is 0 Å². The van der Waals surface area contributed by atoms with Crippen molar-refractivity contribution in [3.05, 3.63) is 60.2 Å². The summed E-state index contributed by atoms with van der Waals surface area (Å²) in [6.45, 7) is 0.600. The molecule has 0 aliphatic heterocycles. The molecule has 2 aromatic carbocycles. The van der Waals surface area contributed by atoms with Crippen LogP contribution in [-0.2, 0) is 4.79 Å². The molecule has 0 bridgehead atoms. The quantitative estimate of drug-likeness (QED) is 0.638. The molecule has 3 aromatic rings. The minimum Gasteiger partial charge on any atom is -0.352 e. The zero-order valence-electron chi connectivity index (χ0n) is 16.1. The fourth-order valence-electron chi connectivity index (χ4n) is 3.65. The Kier molecular flexibility index (Phi) is 4.62. The summed E-state index contributed by atoms with van der Waals surface area (Å²) in [5.74, 6) is 1.96. The molecule has 2 aliphatic rings. The smallest absolute Gasteiger partial charge is 0.226 e. The van der Waals surface area contributed by atoms with Crippen LogP contribution in [0.15, 0.2) is 48.5 Å². The molecule has 2 saturated carbocycles. The molecule has 0 atom stereocenters. The Balaban J connectivity index is 1.36. The highest BCUT2D eigenvalue weighted by molar-refractivity contribution is 5.92. The maximum Gasteiger partial charge on any atom is 0.226 e. The number of hydrogen-bond donors (Lipinski definition) is 1. The summed E-state index contributed by atoms with van der Waals surface area (Å²) in [4.78, 5) is 24.4.